The second-order valence-corrected chi connectivity index (χ2v) is 4.74. The number of aromatic amines is 1. The molecule has 4 nitrogen and oxygen atoms in total. The molecule has 2 heterocycles. The number of nitrogens with one attached hydrogen (secondary N) is 1. The molecule has 0 bridgehead atoms. The van der Waals surface area contributed by atoms with Gasteiger partial charge in [0.25, 0.3) is 0 Å². The Morgan fingerprint density at radius 3 is 2.79 bits per heavy atom. The van der Waals surface area contributed by atoms with Crippen LogP contribution in [0.15, 0.2) is 24.4 Å². The Labute approximate surface area is 110 Å². The third kappa shape index (κ3) is 1.76. The highest BCUT2D eigenvalue weighted by atomic mass is 16.5. The minimum Gasteiger partial charge on any atom is -0.465 e. The molecule has 0 aliphatic carbocycles. The van der Waals surface area contributed by atoms with Gasteiger partial charge >= 0.3 is 5.97 Å². The zero-order valence-corrected chi connectivity index (χ0v) is 11.1. The predicted octanol–water partition coefficient (Wildman–Crippen LogP) is 3.12. The van der Waals surface area contributed by atoms with Crippen molar-refractivity contribution in [2.24, 2.45) is 0 Å². The first kappa shape index (κ1) is 11.7. The molecule has 0 aliphatic rings. The average molecular weight is 254 g/mol. The van der Waals surface area contributed by atoms with Gasteiger partial charge in [-0.25, -0.2) is 9.78 Å². The molecule has 0 saturated carbocycles. The van der Waals surface area contributed by atoms with Gasteiger partial charge in [0.05, 0.1) is 12.7 Å². The lowest BCUT2D eigenvalue weighted by Crippen LogP contribution is -2.01. The summed E-state index contributed by atoms with van der Waals surface area (Å²) in [6.45, 7) is 4.01. The van der Waals surface area contributed by atoms with Gasteiger partial charge in [-0.2, -0.15) is 0 Å². The Kier molecular flexibility index (Phi) is 2.52. The molecular formula is C15H14N2O2. The first-order valence-electron chi connectivity index (χ1n) is 6.07. The summed E-state index contributed by atoms with van der Waals surface area (Å²) in [5.41, 5.74) is 4.45. The molecule has 19 heavy (non-hydrogen) atoms. The number of aromatic nitrogens is 2. The van der Waals surface area contributed by atoms with Gasteiger partial charge in [-0.1, -0.05) is 0 Å². The van der Waals surface area contributed by atoms with Crippen LogP contribution in [-0.4, -0.2) is 23.0 Å². The summed E-state index contributed by atoms with van der Waals surface area (Å²) in [5, 5.41) is 2.20. The number of rotatable bonds is 1. The first-order chi connectivity index (χ1) is 9.10. The molecule has 0 atom stereocenters. The van der Waals surface area contributed by atoms with E-state index in [1.165, 1.54) is 7.11 Å². The third-order valence-corrected chi connectivity index (χ3v) is 3.30. The minimum atomic E-state index is -0.326. The van der Waals surface area contributed by atoms with Gasteiger partial charge in [-0.05, 0) is 43.2 Å². The molecule has 3 aromatic rings. The molecule has 0 amide bonds. The highest BCUT2D eigenvalue weighted by molar-refractivity contribution is 6.09. The van der Waals surface area contributed by atoms with E-state index in [9.17, 15) is 4.79 Å². The lowest BCUT2D eigenvalue weighted by molar-refractivity contribution is 0.0601. The van der Waals surface area contributed by atoms with Crippen LogP contribution < -0.4 is 0 Å². The van der Waals surface area contributed by atoms with Crippen molar-refractivity contribution in [1.29, 1.82) is 0 Å². The SMILES string of the molecule is COC(=O)c1cc(C)c2c(c1)[nH]c1ncc(C)cc12. The standard InChI is InChI=1S/C15H14N2O2/c1-8-4-11-13-9(2)5-10(15(18)19-3)6-12(13)17-14(11)16-7-8/h4-7H,1-3H3,(H,16,17). The molecule has 0 radical (unpaired) electrons. The molecule has 4 heteroatoms. The smallest absolute Gasteiger partial charge is 0.337 e. The largest absolute Gasteiger partial charge is 0.465 e. The van der Waals surface area contributed by atoms with Crippen LogP contribution in [0.2, 0.25) is 0 Å². The maximum atomic E-state index is 11.6. The van der Waals surface area contributed by atoms with E-state index in [1.54, 1.807) is 0 Å². The van der Waals surface area contributed by atoms with Crippen molar-refractivity contribution in [3.05, 3.63) is 41.1 Å². The van der Waals surface area contributed by atoms with Crippen LogP contribution in [0.4, 0.5) is 0 Å². The molecule has 3 rings (SSSR count). The zero-order chi connectivity index (χ0) is 13.6. The number of carbonyl (C=O) groups is 1. The number of esters is 1. The number of benzene rings is 1. The second kappa shape index (κ2) is 4.09. The second-order valence-electron chi connectivity index (χ2n) is 4.74. The number of ether oxygens (including phenoxy) is 1. The maximum absolute atomic E-state index is 11.6. The fourth-order valence-corrected chi connectivity index (χ4v) is 2.47. The van der Waals surface area contributed by atoms with E-state index < -0.39 is 0 Å². The Hall–Kier alpha value is -2.36. The van der Waals surface area contributed by atoms with Gasteiger partial charge in [0, 0.05) is 22.5 Å². The van der Waals surface area contributed by atoms with E-state index in [1.807, 2.05) is 32.2 Å². The highest BCUT2D eigenvalue weighted by Gasteiger charge is 2.13. The number of hydrogen-bond acceptors (Lipinski definition) is 3. The van der Waals surface area contributed by atoms with E-state index >= 15 is 0 Å². The molecule has 0 aliphatic heterocycles. The Balaban J connectivity index is 2.38. The lowest BCUT2D eigenvalue weighted by atomic mass is 10.0. The molecule has 0 fully saturated rings. The van der Waals surface area contributed by atoms with Crippen molar-refractivity contribution in [2.75, 3.05) is 7.11 Å². The molecule has 0 saturated heterocycles. The number of carbonyl (C=O) groups excluding carboxylic acids is 1. The van der Waals surface area contributed by atoms with E-state index in [0.717, 1.165) is 33.1 Å². The van der Waals surface area contributed by atoms with Crippen LogP contribution >= 0.6 is 0 Å². The van der Waals surface area contributed by atoms with E-state index in [-0.39, 0.29) is 5.97 Å². The summed E-state index contributed by atoms with van der Waals surface area (Å²) in [7, 11) is 1.39. The average Bonchev–Trinajstić information content (AvgIpc) is 2.75. The number of methoxy groups -OCH3 is 1. The monoisotopic (exact) mass is 254 g/mol. The van der Waals surface area contributed by atoms with Crippen LogP contribution in [0.3, 0.4) is 0 Å². The van der Waals surface area contributed by atoms with Gasteiger partial charge < -0.3 is 9.72 Å². The lowest BCUT2D eigenvalue weighted by Gasteiger charge is -2.02. The highest BCUT2D eigenvalue weighted by Crippen LogP contribution is 2.29. The summed E-state index contributed by atoms with van der Waals surface area (Å²) in [6, 6.07) is 5.76. The first-order valence-corrected chi connectivity index (χ1v) is 6.07. The molecule has 0 unspecified atom stereocenters. The van der Waals surface area contributed by atoms with Gasteiger partial charge in [-0.15, -0.1) is 0 Å². The van der Waals surface area contributed by atoms with Crippen LogP contribution in [-0.2, 0) is 4.74 Å². The Bertz CT molecular complexity index is 803. The van der Waals surface area contributed by atoms with Crippen molar-refractivity contribution in [3.8, 4) is 0 Å². The molecular weight excluding hydrogens is 240 g/mol. The van der Waals surface area contributed by atoms with Gasteiger partial charge in [0.15, 0.2) is 0 Å². The predicted molar refractivity (Wildman–Crippen MR) is 74.4 cm³/mol. The van der Waals surface area contributed by atoms with Crippen LogP contribution in [0.1, 0.15) is 21.5 Å². The van der Waals surface area contributed by atoms with Gasteiger partial charge in [0.2, 0.25) is 0 Å². The summed E-state index contributed by atoms with van der Waals surface area (Å²) >= 11 is 0. The maximum Gasteiger partial charge on any atom is 0.337 e. The summed E-state index contributed by atoms with van der Waals surface area (Å²) in [4.78, 5) is 19.3. The summed E-state index contributed by atoms with van der Waals surface area (Å²) in [5.74, 6) is -0.326. The normalized spacial score (nSPS) is 11.1. The van der Waals surface area contributed by atoms with E-state index in [2.05, 4.69) is 16.0 Å². The van der Waals surface area contributed by atoms with Crippen molar-refractivity contribution in [1.82, 2.24) is 9.97 Å². The van der Waals surface area contributed by atoms with Gasteiger partial charge in [0.1, 0.15) is 5.65 Å². The van der Waals surface area contributed by atoms with Crippen LogP contribution in [0.5, 0.6) is 0 Å². The topological polar surface area (TPSA) is 55.0 Å². The molecule has 96 valence electrons. The van der Waals surface area contributed by atoms with E-state index in [4.69, 9.17) is 4.74 Å². The fraction of sp³-hybridized carbons (Fsp3) is 0.200. The van der Waals surface area contributed by atoms with Crippen LogP contribution in [0, 0.1) is 13.8 Å². The number of aryl methyl sites for hydroxylation is 2. The molecule has 0 spiro atoms. The number of nitrogens with zero attached hydrogens (tertiary/aromatic N) is 1. The minimum absolute atomic E-state index is 0.326. The van der Waals surface area contributed by atoms with Crippen molar-refractivity contribution >= 4 is 27.9 Å². The quantitative estimate of drug-likeness (QED) is 0.679. The van der Waals surface area contributed by atoms with Crippen molar-refractivity contribution in [2.45, 2.75) is 13.8 Å². The summed E-state index contributed by atoms with van der Waals surface area (Å²) in [6.07, 6.45) is 1.83. The fourth-order valence-electron chi connectivity index (χ4n) is 2.47. The number of pyridine rings is 1. The molecule has 1 N–H and O–H groups in total. The zero-order valence-electron chi connectivity index (χ0n) is 11.1. The molecule has 1 aromatic carbocycles. The number of fused-ring (bicyclic) bond motifs is 3. The van der Waals surface area contributed by atoms with Gasteiger partial charge in [-0.3, -0.25) is 0 Å². The van der Waals surface area contributed by atoms with Crippen molar-refractivity contribution < 1.29 is 9.53 Å². The number of H-pyrrole nitrogens is 1. The third-order valence-electron chi connectivity index (χ3n) is 3.30. The summed E-state index contributed by atoms with van der Waals surface area (Å²) < 4.78 is 4.76. The molecule has 2 aromatic heterocycles. The van der Waals surface area contributed by atoms with E-state index in [0.29, 0.717) is 5.56 Å². The Morgan fingerprint density at radius 2 is 2.05 bits per heavy atom. The van der Waals surface area contributed by atoms with Crippen molar-refractivity contribution in [3.63, 3.8) is 0 Å². The Morgan fingerprint density at radius 1 is 1.26 bits per heavy atom. The van der Waals surface area contributed by atoms with Crippen LogP contribution in [0.25, 0.3) is 21.9 Å². The number of hydrogen-bond donors (Lipinski definition) is 1.